The van der Waals surface area contributed by atoms with Gasteiger partial charge in [0.15, 0.2) is 5.82 Å². The van der Waals surface area contributed by atoms with E-state index in [1.54, 1.807) is 11.3 Å². The third kappa shape index (κ3) is 4.99. The maximum Gasteiger partial charge on any atom is 0.236 e. The van der Waals surface area contributed by atoms with Gasteiger partial charge in [0.2, 0.25) is 11.1 Å². The van der Waals surface area contributed by atoms with Gasteiger partial charge in [0.25, 0.3) is 0 Å². The van der Waals surface area contributed by atoms with Crippen LogP contribution in [0.3, 0.4) is 0 Å². The van der Waals surface area contributed by atoms with E-state index in [2.05, 4.69) is 36.0 Å². The number of carbonyl (C=O) groups excluding carboxylic acids is 1. The zero-order chi connectivity index (χ0) is 19.4. The van der Waals surface area contributed by atoms with Crippen molar-refractivity contribution in [2.75, 3.05) is 0 Å². The Morgan fingerprint density at radius 2 is 1.96 bits per heavy atom. The van der Waals surface area contributed by atoms with Crippen LogP contribution >= 0.6 is 23.1 Å². The second-order valence-corrected chi connectivity index (χ2v) is 9.54. The Hall–Kier alpha value is -2.12. The highest BCUT2D eigenvalue weighted by Crippen LogP contribution is 2.28. The van der Waals surface area contributed by atoms with Crippen LogP contribution in [-0.4, -0.2) is 36.8 Å². The molecule has 0 saturated carbocycles. The van der Waals surface area contributed by atoms with E-state index in [-0.39, 0.29) is 16.7 Å². The summed E-state index contributed by atoms with van der Waals surface area (Å²) in [7, 11) is 0. The predicted octanol–water partition coefficient (Wildman–Crippen LogP) is 4.84. The van der Waals surface area contributed by atoms with Crippen LogP contribution in [0.2, 0.25) is 0 Å². The average Bonchev–Trinajstić information content (AvgIpc) is 3.30. The van der Waals surface area contributed by atoms with Crippen molar-refractivity contribution in [1.29, 1.82) is 0 Å². The van der Waals surface area contributed by atoms with Gasteiger partial charge in [-0.15, -0.1) is 16.4 Å². The van der Waals surface area contributed by atoms with Crippen LogP contribution in [0.5, 0.6) is 0 Å². The highest BCUT2D eigenvalue weighted by Gasteiger charge is 2.31. The van der Waals surface area contributed by atoms with Crippen molar-refractivity contribution in [2.24, 2.45) is 0 Å². The molecule has 1 aromatic carbocycles. The monoisotopic (exact) mass is 400 g/mol. The molecular weight excluding hydrogens is 376 g/mol. The third-order valence-corrected chi connectivity index (χ3v) is 5.93. The first kappa shape index (κ1) is 19.6. The minimum atomic E-state index is -0.278. The van der Waals surface area contributed by atoms with Gasteiger partial charge in [-0.2, -0.15) is 0 Å². The van der Waals surface area contributed by atoms with E-state index in [1.165, 1.54) is 11.8 Å². The Morgan fingerprint density at radius 3 is 2.59 bits per heavy atom. The lowest BCUT2D eigenvalue weighted by molar-refractivity contribution is -0.135. The molecule has 2 heterocycles. The number of hydrogen-bond acceptors (Lipinski definition) is 5. The number of thioether (sulfide) groups is 1. The molecule has 5 nitrogen and oxygen atoms in total. The maximum absolute atomic E-state index is 13.2. The molecule has 7 heteroatoms. The van der Waals surface area contributed by atoms with Crippen molar-refractivity contribution in [3.8, 4) is 10.7 Å². The molecule has 3 rings (SSSR count). The Morgan fingerprint density at radius 1 is 1.22 bits per heavy atom. The molecule has 0 radical (unpaired) electrons. The number of hydrogen-bond donors (Lipinski definition) is 1. The molecule has 0 spiro atoms. The highest BCUT2D eigenvalue weighted by molar-refractivity contribution is 8.00. The van der Waals surface area contributed by atoms with E-state index >= 15 is 0 Å². The Balaban J connectivity index is 1.71. The van der Waals surface area contributed by atoms with Gasteiger partial charge in [0.1, 0.15) is 0 Å². The minimum absolute atomic E-state index is 0.0822. The van der Waals surface area contributed by atoms with Gasteiger partial charge in [0.05, 0.1) is 10.1 Å². The number of nitrogens with one attached hydrogen (secondary N) is 1. The second-order valence-electron chi connectivity index (χ2n) is 7.28. The fraction of sp³-hybridized carbons (Fsp3) is 0.350. The topological polar surface area (TPSA) is 61.9 Å². The lowest BCUT2D eigenvalue weighted by Gasteiger charge is -2.37. The number of carbonyl (C=O) groups is 1. The van der Waals surface area contributed by atoms with Crippen molar-refractivity contribution >= 4 is 29.0 Å². The van der Waals surface area contributed by atoms with Crippen LogP contribution in [0.25, 0.3) is 10.7 Å². The quantitative estimate of drug-likeness (QED) is 0.601. The molecule has 1 N–H and O–H groups in total. The molecule has 1 amide bonds. The van der Waals surface area contributed by atoms with Gasteiger partial charge >= 0.3 is 0 Å². The fourth-order valence-corrected chi connectivity index (χ4v) is 4.11. The second kappa shape index (κ2) is 8.27. The zero-order valence-electron chi connectivity index (χ0n) is 16.0. The maximum atomic E-state index is 13.2. The third-order valence-electron chi connectivity index (χ3n) is 4.11. The molecule has 0 saturated heterocycles. The van der Waals surface area contributed by atoms with Crippen LogP contribution in [0.4, 0.5) is 0 Å². The van der Waals surface area contributed by atoms with Crippen molar-refractivity contribution in [2.45, 2.75) is 50.2 Å². The smallest absolute Gasteiger partial charge is 0.236 e. The first-order chi connectivity index (χ1) is 12.8. The number of benzene rings is 1. The zero-order valence-corrected chi connectivity index (χ0v) is 17.6. The van der Waals surface area contributed by atoms with Crippen molar-refractivity contribution in [1.82, 2.24) is 20.1 Å². The summed E-state index contributed by atoms with van der Waals surface area (Å²) in [5.41, 5.74) is 0.846. The number of H-pyrrole nitrogens is 1. The van der Waals surface area contributed by atoms with E-state index in [0.717, 1.165) is 16.3 Å². The van der Waals surface area contributed by atoms with E-state index in [0.29, 0.717) is 11.7 Å². The molecule has 142 valence electrons. The number of aromatic nitrogens is 3. The Labute approximate surface area is 168 Å². The van der Waals surface area contributed by atoms with Gasteiger partial charge in [-0.05, 0) is 44.7 Å². The summed E-state index contributed by atoms with van der Waals surface area (Å²) in [6, 6.07) is 14.1. The van der Waals surface area contributed by atoms with Crippen LogP contribution < -0.4 is 0 Å². The molecule has 0 aliphatic heterocycles. The van der Waals surface area contributed by atoms with Crippen LogP contribution in [0.1, 0.15) is 33.3 Å². The minimum Gasteiger partial charge on any atom is -0.333 e. The lowest BCUT2D eigenvalue weighted by atomic mass is 10.0. The summed E-state index contributed by atoms with van der Waals surface area (Å²) in [6.45, 7) is 8.69. The SMILES string of the molecule is C[C@H](Sc1n[nH]c(-c2cccs2)n1)C(=O)N(Cc1ccccc1)C(C)(C)C. The molecule has 0 unspecified atom stereocenters. The molecular formula is C20H24N4OS2. The number of amides is 1. The van der Waals surface area contributed by atoms with Crippen LogP contribution in [-0.2, 0) is 11.3 Å². The Bertz CT molecular complexity index is 869. The standard InChI is InChI=1S/C20H24N4OS2/c1-14(27-19-21-17(22-23-19)16-11-8-12-26-16)18(25)24(20(2,3)4)13-15-9-6-5-7-10-15/h5-12,14H,13H2,1-4H3,(H,21,22,23)/t14-/m0/s1. The first-order valence-corrected chi connectivity index (χ1v) is 10.6. The summed E-state index contributed by atoms with van der Waals surface area (Å²) in [5, 5.41) is 9.53. The number of rotatable bonds is 6. The normalized spacial score (nSPS) is 12.7. The number of nitrogens with zero attached hydrogens (tertiary/aromatic N) is 3. The highest BCUT2D eigenvalue weighted by atomic mass is 32.2. The van der Waals surface area contributed by atoms with Gasteiger partial charge in [-0.3, -0.25) is 9.89 Å². The summed E-state index contributed by atoms with van der Waals surface area (Å²) >= 11 is 2.99. The molecule has 0 bridgehead atoms. The van der Waals surface area contributed by atoms with E-state index in [4.69, 9.17) is 0 Å². The van der Waals surface area contributed by atoms with Gasteiger partial charge in [-0.25, -0.2) is 4.98 Å². The number of aromatic amines is 1. The average molecular weight is 401 g/mol. The molecule has 3 aromatic rings. The first-order valence-electron chi connectivity index (χ1n) is 8.83. The van der Waals surface area contributed by atoms with E-state index in [9.17, 15) is 4.79 Å². The summed E-state index contributed by atoms with van der Waals surface area (Å²) in [4.78, 5) is 20.7. The Kier molecular flexibility index (Phi) is 6.01. The van der Waals surface area contributed by atoms with E-state index < -0.39 is 0 Å². The summed E-state index contributed by atoms with van der Waals surface area (Å²) in [6.07, 6.45) is 0. The summed E-state index contributed by atoms with van der Waals surface area (Å²) in [5.74, 6) is 0.822. The van der Waals surface area contributed by atoms with Gasteiger partial charge in [-0.1, -0.05) is 48.2 Å². The van der Waals surface area contributed by atoms with Crippen molar-refractivity contribution in [3.05, 3.63) is 53.4 Å². The van der Waals surface area contributed by atoms with Gasteiger partial charge < -0.3 is 4.90 Å². The molecule has 0 fully saturated rings. The van der Waals surface area contributed by atoms with Gasteiger partial charge in [0, 0.05) is 12.1 Å². The molecule has 1 atom stereocenters. The molecule has 27 heavy (non-hydrogen) atoms. The predicted molar refractivity (Wildman–Crippen MR) is 112 cm³/mol. The van der Waals surface area contributed by atoms with Crippen molar-refractivity contribution < 1.29 is 4.79 Å². The lowest BCUT2D eigenvalue weighted by Crippen LogP contribution is -2.48. The molecule has 2 aromatic heterocycles. The largest absolute Gasteiger partial charge is 0.333 e. The van der Waals surface area contributed by atoms with Crippen LogP contribution in [0.15, 0.2) is 53.0 Å². The van der Waals surface area contributed by atoms with E-state index in [1.807, 2.05) is 59.7 Å². The van der Waals surface area contributed by atoms with Crippen molar-refractivity contribution in [3.63, 3.8) is 0 Å². The number of thiophene rings is 1. The fourth-order valence-electron chi connectivity index (χ4n) is 2.66. The molecule has 0 aliphatic rings. The van der Waals surface area contributed by atoms with Crippen LogP contribution in [0, 0.1) is 0 Å². The summed E-state index contributed by atoms with van der Waals surface area (Å²) < 4.78 is 0. The molecule has 0 aliphatic carbocycles.